The molecule has 32 heavy (non-hydrogen) atoms. The summed E-state index contributed by atoms with van der Waals surface area (Å²) >= 11 is 0. The van der Waals surface area contributed by atoms with Gasteiger partial charge in [-0.1, -0.05) is 44.2 Å². The van der Waals surface area contributed by atoms with Gasteiger partial charge in [0.2, 0.25) is 0 Å². The maximum absolute atomic E-state index is 14.1. The monoisotopic (exact) mass is 440 g/mol. The maximum atomic E-state index is 14.1. The van der Waals surface area contributed by atoms with Crippen LogP contribution in [0.25, 0.3) is 6.08 Å². The van der Waals surface area contributed by atoms with E-state index in [0.717, 1.165) is 5.56 Å². The normalized spacial score (nSPS) is 12.2. The smallest absolute Gasteiger partial charge is 0.313 e. The first-order valence-electron chi connectivity index (χ1n) is 10.1. The van der Waals surface area contributed by atoms with Gasteiger partial charge >= 0.3 is 5.97 Å². The summed E-state index contributed by atoms with van der Waals surface area (Å²) in [5.74, 6) is -2.07. The van der Waals surface area contributed by atoms with Crippen molar-refractivity contribution in [2.75, 3.05) is 0 Å². The van der Waals surface area contributed by atoms with Crippen LogP contribution in [-0.4, -0.2) is 5.97 Å². The molecule has 0 fully saturated rings. The van der Waals surface area contributed by atoms with Gasteiger partial charge in [-0.05, 0) is 65.6 Å². The maximum Gasteiger partial charge on any atom is 0.313 e. The summed E-state index contributed by atoms with van der Waals surface area (Å²) in [6.07, 6.45) is 3.48. The number of carbonyl (C=O) groups excluding carboxylic acids is 1. The molecule has 0 aromatic heterocycles. The zero-order valence-corrected chi connectivity index (χ0v) is 17.7. The molecule has 3 aromatic rings. The molecule has 3 rings (SSSR count). The Labute approximate surface area is 185 Å². The first-order valence-corrected chi connectivity index (χ1v) is 10.1. The third kappa shape index (κ3) is 6.48. The fourth-order valence-corrected chi connectivity index (χ4v) is 2.96. The molecule has 0 radical (unpaired) electrons. The van der Waals surface area contributed by atoms with Gasteiger partial charge in [0.15, 0.2) is 11.6 Å². The highest BCUT2D eigenvalue weighted by Gasteiger charge is 2.21. The van der Waals surface area contributed by atoms with Crippen molar-refractivity contribution in [3.05, 3.63) is 101 Å². The van der Waals surface area contributed by atoms with Crippen LogP contribution in [0.15, 0.2) is 72.8 Å². The summed E-state index contributed by atoms with van der Waals surface area (Å²) in [4.78, 5) is 12.6. The minimum atomic E-state index is -0.591. The standard InChI is InChI=1S/C26H23F3O3/c1-17(2)23(13-5-18-3-7-20(27)8-4-18)26(30)31-16-19-6-14-24(29)25(15-19)32-22-11-9-21(28)10-12-22/h3-15,17,23H,16H2,1-2H3/b13-5+. The number of carbonyl (C=O) groups is 1. The highest BCUT2D eigenvalue weighted by molar-refractivity contribution is 5.76. The summed E-state index contributed by atoms with van der Waals surface area (Å²) in [5.41, 5.74) is 1.31. The molecular formula is C26H23F3O3. The van der Waals surface area contributed by atoms with Gasteiger partial charge in [-0.3, -0.25) is 4.79 Å². The average Bonchev–Trinajstić information content (AvgIpc) is 2.77. The molecule has 3 nitrogen and oxygen atoms in total. The van der Waals surface area contributed by atoms with Gasteiger partial charge < -0.3 is 9.47 Å². The van der Waals surface area contributed by atoms with Gasteiger partial charge in [0.05, 0.1) is 5.92 Å². The quantitative estimate of drug-likeness (QED) is 0.357. The van der Waals surface area contributed by atoms with E-state index in [9.17, 15) is 18.0 Å². The summed E-state index contributed by atoms with van der Waals surface area (Å²) in [6, 6.07) is 15.3. The van der Waals surface area contributed by atoms with E-state index in [1.54, 1.807) is 24.3 Å². The molecule has 0 saturated heterocycles. The van der Waals surface area contributed by atoms with E-state index in [2.05, 4.69) is 0 Å². The lowest BCUT2D eigenvalue weighted by molar-refractivity contribution is -0.149. The van der Waals surface area contributed by atoms with Crippen molar-refractivity contribution >= 4 is 12.0 Å². The number of rotatable bonds is 8. The molecule has 0 amide bonds. The SMILES string of the molecule is CC(C)C(/C=C/c1ccc(F)cc1)C(=O)OCc1ccc(F)c(Oc2ccc(F)cc2)c1. The van der Waals surface area contributed by atoms with Gasteiger partial charge in [0, 0.05) is 0 Å². The molecule has 0 N–H and O–H groups in total. The van der Waals surface area contributed by atoms with Crippen molar-refractivity contribution in [2.24, 2.45) is 11.8 Å². The Hall–Kier alpha value is -3.54. The second-order valence-corrected chi connectivity index (χ2v) is 7.61. The van der Waals surface area contributed by atoms with E-state index in [4.69, 9.17) is 9.47 Å². The number of halogens is 3. The molecule has 0 spiro atoms. The van der Waals surface area contributed by atoms with E-state index >= 15 is 0 Å². The van der Waals surface area contributed by atoms with Gasteiger partial charge in [-0.25, -0.2) is 13.2 Å². The molecule has 0 bridgehead atoms. The Balaban J connectivity index is 1.65. The number of esters is 1. The highest BCUT2D eigenvalue weighted by atomic mass is 19.1. The van der Waals surface area contributed by atoms with Crippen LogP contribution < -0.4 is 4.74 Å². The minimum absolute atomic E-state index is 0.0233. The molecule has 0 aliphatic heterocycles. The van der Waals surface area contributed by atoms with Crippen LogP contribution in [0.3, 0.4) is 0 Å². The predicted octanol–water partition coefficient (Wildman–Crippen LogP) is 6.93. The molecule has 0 saturated carbocycles. The second kappa shape index (κ2) is 10.7. The molecule has 0 aliphatic rings. The molecule has 1 unspecified atom stereocenters. The number of hydrogen-bond donors (Lipinski definition) is 0. The highest BCUT2D eigenvalue weighted by Crippen LogP contribution is 2.26. The van der Waals surface area contributed by atoms with Crippen molar-refractivity contribution in [1.29, 1.82) is 0 Å². The van der Waals surface area contributed by atoms with E-state index in [0.29, 0.717) is 5.56 Å². The van der Waals surface area contributed by atoms with Gasteiger partial charge in [0.25, 0.3) is 0 Å². The largest absolute Gasteiger partial charge is 0.460 e. The average molecular weight is 440 g/mol. The third-order valence-electron chi connectivity index (χ3n) is 4.77. The van der Waals surface area contributed by atoms with Crippen molar-refractivity contribution < 1.29 is 27.4 Å². The molecule has 6 heteroatoms. The third-order valence-corrected chi connectivity index (χ3v) is 4.77. The van der Waals surface area contributed by atoms with Gasteiger partial charge in [-0.2, -0.15) is 0 Å². The molecular weight excluding hydrogens is 417 g/mol. The predicted molar refractivity (Wildman–Crippen MR) is 116 cm³/mol. The summed E-state index contributed by atoms with van der Waals surface area (Å²) in [6.45, 7) is 3.73. The zero-order valence-electron chi connectivity index (χ0n) is 17.7. The molecule has 0 heterocycles. The van der Waals surface area contributed by atoms with Crippen LogP contribution >= 0.6 is 0 Å². The van der Waals surface area contributed by atoms with E-state index in [-0.39, 0.29) is 29.8 Å². The van der Waals surface area contributed by atoms with Crippen LogP contribution in [-0.2, 0) is 16.1 Å². The molecule has 0 aliphatic carbocycles. The van der Waals surface area contributed by atoms with E-state index < -0.39 is 23.5 Å². The second-order valence-electron chi connectivity index (χ2n) is 7.61. The van der Waals surface area contributed by atoms with Crippen LogP contribution in [0.4, 0.5) is 13.2 Å². The fourth-order valence-electron chi connectivity index (χ4n) is 2.96. The lowest BCUT2D eigenvalue weighted by atomic mass is 9.95. The van der Waals surface area contributed by atoms with Crippen molar-refractivity contribution in [1.82, 2.24) is 0 Å². The summed E-state index contributed by atoms with van der Waals surface area (Å²) in [5, 5.41) is 0. The Morgan fingerprint density at radius 1 is 0.906 bits per heavy atom. The first kappa shape index (κ1) is 23.1. The lowest BCUT2D eigenvalue weighted by Gasteiger charge is -2.16. The lowest BCUT2D eigenvalue weighted by Crippen LogP contribution is -2.20. The fraction of sp³-hybridized carbons (Fsp3) is 0.192. The Kier molecular flexibility index (Phi) is 7.71. The van der Waals surface area contributed by atoms with Crippen LogP contribution in [0.1, 0.15) is 25.0 Å². The van der Waals surface area contributed by atoms with Crippen LogP contribution in [0.2, 0.25) is 0 Å². The minimum Gasteiger partial charge on any atom is -0.460 e. The van der Waals surface area contributed by atoms with Crippen molar-refractivity contribution in [2.45, 2.75) is 20.5 Å². The summed E-state index contributed by atoms with van der Waals surface area (Å²) < 4.78 is 51.1. The number of hydrogen-bond acceptors (Lipinski definition) is 3. The number of benzene rings is 3. The Morgan fingerprint density at radius 2 is 1.53 bits per heavy atom. The Morgan fingerprint density at radius 3 is 2.16 bits per heavy atom. The molecule has 166 valence electrons. The molecule has 3 aromatic carbocycles. The Bertz CT molecular complexity index is 1070. The zero-order chi connectivity index (χ0) is 23.1. The molecule has 1 atom stereocenters. The van der Waals surface area contributed by atoms with Crippen LogP contribution in [0.5, 0.6) is 11.5 Å². The van der Waals surface area contributed by atoms with Crippen molar-refractivity contribution in [3.8, 4) is 11.5 Å². The van der Waals surface area contributed by atoms with Gasteiger partial charge in [0.1, 0.15) is 24.0 Å². The van der Waals surface area contributed by atoms with Crippen LogP contribution in [0, 0.1) is 29.3 Å². The first-order chi connectivity index (χ1) is 15.3. The van der Waals surface area contributed by atoms with Crippen molar-refractivity contribution in [3.63, 3.8) is 0 Å². The summed E-state index contributed by atoms with van der Waals surface area (Å²) in [7, 11) is 0. The topological polar surface area (TPSA) is 35.5 Å². The van der Waals surface area contributed by atoms with Gasteiger partial charge in [-0.15, -0.1) is 0 Å². The van der Waals surface area contributed by atoms with E-state index in [1.165, 1.54) is 54.6 Å². The number of ether oxygens (including phenoxy) is 2. The van der Waals surface area contributed by atoms with E-state index in [1.807, 2.05) is 13.8 Å².